The maximum absolute atomic E-state index is 12.5. The fourth-order valence-corrected chi connectivity index (χ4v) is 2.94. The summed E-state index contributed by atoms with van der Waals surface area (Å²) in [5, 5.41) is 3.15. The molecule has 0 radical (unpaired) electrons. The number of hydrogen-bond donors (Lipinski definition) is 2. The third kappa shape index (κ3) is 4.74. The summed E-state index contributed by atoms with van der Waals surface area (Å²) >= 11 is 5.84. The minimum Gasteiger partial charge on any atom is -0.345 e. The largest absolute Gasteiger partial charge is 0.345 e. The molecule has 0 bridgehead atoms. The van der Waals surface area contributed by atoms with E-state index in [1.165, 1.54) is 0 Å². The van der Waals surface area contributed by atoms with Gasteiger partial charge in [-0.15, -0.1) is 0 Å². The Morgan fingerprint density at radius 2 is 1.92 bits per heavy atom. The van der Waals surface area contributed by atoms with Gasteiger partial charge in [-0.1, -0.05) is 25.4 Å². The first-order valence-corrected chi connectivity index (χ1v) is 8.86. The van der Waals surface area contributed by atoms with E-state index in [9.17, 15) is 14.4 Å². The van der Waals surface area contributed by atoms with Crippen LogP contribution in [-0.4, -0.2) is 48.9 Å². The first-order chi connectivity index (χ1) is 12.1. The molecule has 1 heterocycles. The Morgan fingerprint density at radius 1 is 1.31 bits per heavy atom. The summed E-state index contributed by atoms with van der Waals surface area (Å²) in [6.07, 6.45) is 0.420. The van der Waals surface area contributed by atoms with Crippen molar-refractivity contribution >= 4 is 35.1 Å². The van der Waals surface area contributed by atoms with Gasteiger partial charge in [-0.2, -0.15) is 0 Å². The van der Waals surface area contributed by atoms with Crippen molar-refractivity contribution in [2.45, 2.75) is 32.7 Å². The number of urea groups is 1. The fraction of sp³-hybridized carbons (Fsp3) is 0.500. The predicted molar refractivity (Wildman–Crippen MR) is 101 cm³/mol. The number of carbonyl (C=O) groups is 3. The number of halogens is 1. The van der Waals surface area contributed by atoms with E-state index in [1.54, 1.807) is 36.2 Å². The van der Waals surface area contributed by atoms with Gasteiger partial charge in [0, 0.05) is 25.0 Å². The van der Waals surface area contributed by atoms with Crippen LogP contribution in [0.1, 0.15) is 26.7 Å². The third-order valence-electron chi connectivity index (χ3n) is 4.39. The Morgan fingerprint density at radius 3 is 2.50 bits per heavy atom. The Hall–Kier alpha value is -2.12. The second-order valence-electron chi connectivity index (χ2n) is 7.31. The number of imide groups is 1. The maximum atomic E-state index is 12.5. The van der Waals surface area contributed by atoms with Crippen molar-refractivity contribution in [2.24, 2.45) is 11.1 Å². The molecule has 0 aromatic heterocycles. The van der Waals surface area contributed by atoms with E-state index in [0.717, 1.165) is 4.90 Å². The van der Waals surface area contributed by atoms with Gasteiger partial charge >= 0.3 is 6.03 Å². The van der Waals surface area contributed by atoms with E-state index >= 15 is 0 Å². The van der Waals surface area contributed by atoms with Gasteiger partial charge in [0.2, 0.25) is 5.91 Å². The second-order valence-corrected chi connectivity index (χ2v) is 7.75. The van der Waals surface area contributed by atoms with E-state index in [1.807, 2.05) is 13.8 Å². The Balaban J connectivity index is 1.94. The van der Waals surface area contributed by atoms with Crippen LogP contribution in [0.15, 0.2) is 24.3 Å². The van der Waals surface area contributed by atoms with Gasteiger partial charge in [0.05, 0.1) is 5.69 Å². The normalized spacial score (nSPS) is 17.4. The molecular formula is C18H25ClN4O3. The van der Waals surface area contributed by atoms with Gasteiger partial charge in [0.1, 0.15) is 6.04 Å². The van der Waals surface area contributed by atoms with E-state index < -0.39 is 12.1 Å². The summed E-state index contributed by atoms with van der Waals surface area (Å²) in [6.45, 7) is 4.98. The molecule has 142 valence electrons. The van der Waals surface area contributed by atoms with Crippen molar-refractivity contribution in [2.75, 3.05) is 25.0 Å². The monoisotopic (exact) mass is 380 g/mol. The topological polar surface area (TPSA) is 95.7 Å². The summed E-state index contributed by atoms with van der Waals surface area (Å²) in [5.74, 6) is -0.450. The van der Waals surface area contributed by atoms with Gasteiger partial charge in [0.25, 0.3) is 5.91 Å². The summed E-state index contributed by atoms with van der Waals surface area (Å²) in [7, 11) is 1.72. The zero-order valence-corrected chi connectivity index (χ0v) is 16.0. The predicted octanol–water partition coefficient (Wildman–Crippen LogP) is 1.99. The van der Waals surface area contributed by atoms with Crippen LogP contribution >= 0.6 is 11.6 Å². The molecule has 8 heteroatoms. The van der Waals surface area contributed by atoms with Crippen LogP contribution in [0.2, 0.25) is 5.02 Å². The second kappa shape index (κ2) is 8.05. The fourth-order valence-electron chi connectivity index (χ4n) is 2.82. The molecule has 1 unspecified atom stereocenters. The summed E-state index contributed by atoms with van der Waals surface area (Å²) in [4.78, 5) is 39.7. The number of anilines is 1. The number of nitrogens with one attached hydrogen (secondary N) is 1. The molecule has 0 saturated carbocycles. The van der Waals surface area contributed by atoms with Crippen molar-refractivity contribution in [3.8, 4) is 0 Å². The van der Waals surface area contributed by atoms with Gasteiger partial charge < -0.3 is 16.0 Å². The Bertz CT molecular complexity index is 690. The molecule has 0 aliphatic carbocycles. The number of hydrogen-bond acceptors (Lipinski definition) is 4. The lowest BCUT2D eigenvalue weighted by Crippen LogP contribution is -2.40. The molecule has 7 nitrogen and oxygen atoms in total. The Labute approximate surface area is 158 Å². The van der Waals surface area contributed by atoms with E-state index in [4.69, 9.17) is 17.3 Å². The van der Waals surface area contributed by atoms with Crippen molar-refractivity contribution in [1.29, 1.82) is 0 Å². The summed E-state index contributed by atoms with van der Waals surface area (Å²) in [5.41, 5.74) is 5.98. The lowest BCUT2D eigenvalue weighted by Gasteiger charge is -2.29. The molecule has 1 atom stereocenters. The van der Waals surface area contributed by atoms with Gasteiger partial charge in [0.15, 0.2) is 0 Å². The molecule has 2 rings (SSSR count). The van der Waals surface area contributed by atoms with E-state index in [0.29, 0.717) is 23.8 Å². The van der Waals surface area contributed by atoms with E-state index in [-0.39, 0.29) is 30.1 Å². The molecule has 1 aliphatic heterocycles. The molecule has 3 N–H and O–H groups in total. The number of nitrogens with zero attached hydrogens (tertiary/aromatic N) is 2. The third-order valence-corrected chi connectivity index (χ3v) is 4.65. The van der Waals surface area contributed by atoms with E-state index in [2.05, 4.69) is 5.32 Å². The highest BCUT2D eigenvalue weighted by Gasteiger charge is 2.39. The molecule has 1 aliphatic rings. The molecule has 26 heavy (non-hydrogen) atoms. The zero-order valence-electron chi connectivity index (χ0n) is 15.3. The van der Waals surface area contributed by atoms with Crippen LogP contribution in [0.3, 0.4) is 0 Å². The number of nitrogens with two attached hydrogens (primary N) is 1. The number of benzene rings is 1. The molecule has 4 amide bonds. The molecule has 0 spiro atoms. The smallest absolute Gasteiger partial charge is 0.329 e. The molecular weight excluding hydrogens is 356 g/mol. The number of amides is 4. The standard InChI is InChI=1S/C18H25ClN4O3/c1-18(2,10-20)11-22(3)15(24)9-8-14-16(25)23(17(26)21-14)13-6-4-12(19)5-7-13/h4-7,14H,8-11,20H2,1-3H3,(H,21,26). The average Bonchev–Trinajstić information content (AvgIpc) is 2.87. The highest BCUT2D eigenvalue weighted by atomic mass is 35.5. The number of rotatable bonds is 7. The van der Waals surface area contributed by atoms with Crippen LogP contribution in [0.4, 0.5) is 10.5 Å². The van der Waals surface area contributed by atoms with Crippen molar-refractivity contribution in [3.63, 3.8) is 0 Å². The molecule has 1 aromatic rings. The molecule has 1 saturated heterocycles. The van der Waals surface area contributed by atoms with Crippen molar-refractivity contribution in [1.82, 2.24) is 10.2 Å². The lowest BCUT2D eigenvalue weighted by molar-refractivity contribution is -0.131. The van der Waals surface area contributed by atoms with Gasteiger partial charge in [-0.25, -0.2) is 9.69 Å². The van der Waals surface area contributed by atoms with Crippen LogP contribution in [0.25, 0.3) is 0 Å². The SMILES string of the molecule is CN(CC(C)(C)CN)C(=O)CCC1NC(=O)N(c2ccc(Cl)cc2)C1=O. The first kappa shape index (κ1) is 20.2. The minimum atomic E-state index is -0.710. The minimum absolute atomic E-state index is 0.0847. The molecule has 1 fully saturated rings. The van der Waals surface area contributed by atoms with Gasteiger partial charge in [-0.3, -0.25) is 9.59 Å². The maximum Gasteiger partial charge on any atom is 0.329 e. The highest BCUT2D eigenvalue weighted by Crippen LogP contribution is 2.23. The first-order valence-electron chi connectivity index (χ1n) is 8.49. The lowest BCUT2D eigenvalue weighted by atomic mass is 9.93. The van der Waals surface area contributed by atoms with Crippen LogP contribution in [-0.2, 0) is 9.59 Å². The summed E-state index contributed by atoms with van der Waals surface area (Å²) < 4.78 is 0. The van der Waals surface area contributed by atoms with Crippen LogP contribution < -0.4 is 16.0 Å². The number of carbonyl (C=O) groups excluding carboxylic acids is 3. The quantitative estimate of drug-likeness (QED) is 0.707. The van der Waals surface area contributed by atoms with Crippen molar-refractivity contribution in [3.05, 3.63) is 29.3 Å². The summed E-state index contributed by atoms with van der Waals surface area (Å²) in [6, 6.07) is 5.24. The highest BCUT2D eigenvalue weighted by molar-refractivity contribution is 6.30. The van der Waals surface area contributed by atoms with Crippen molar-refractivity contribution < 1.29 is 14.4 Å². The van der Waals surface area contributed by atoms with Gasteiger partial charge in [-0.05, 0) is 42.6 Å². The molecule has 1 aromatic carbocycles. The average molecular weight is 381 g/mol. The van der Waals surface area contributed by atoms with Crippen LogP contribution in [0, 0.1) is 5.41 Å². The zero-order chi connectivity index (χ0) is 19.5. The van der Waals surface area contributed by atoms with Crippen LogP contribution in [0.5, 0.6) is 0 Å². The Kier molecular flexibility index (Phi) is 6.26.